The summed E-state index contributed by atoms with van der Waals surface area (Å²) in [4.78, 5) is 26.7. The van der Waals surface area contributed by atoms with E-state index in [4.69, 9.17) is 0 Å². The van der Waals surface area contributed by atoms with Crippen molar-refractivity contribution in [3.63, 3.8) is 0 Å². The predicted octanol–water partition coefficient (Wildman–Crippen LogP) is 1.91. The number of hydrogen-bond donors (Lipinski definition) is 2. The van der Waals surface area contributed by atoms with Crippen LogP contribution in [0.1, 0.15) is 5.56 Å². The van der Waals surface area contributed by atoms with Gasteiger partial charge in [0.1, 0.15) is 17.6 Å². The predicted molar refractivity (Wildman–Crippen MR) is 77.7 cm³/mol. The van der Waals surface area contributed by atoms with E-state index in [1.807, 2.05) is 25.1 Å². The summed E-state index contributed by atoms with van der Waals surface area (Å²) >= 11 is 0. The van der Waals surface area contributed by atoms with Crippen LogP contribution >= 0.6 is 0 Å². The maximum Gasteiger partial charge on any atom is 0.262 e. The van der Waals surface area contributed by atoms with Crippen molar-refractivity contribution in [1.82, 2.24) is 19.9 Å². The molecule has 6 heteroatoms. The Bertz CT molecular complexity index is 844. The summed E-state index contributed by atoms with van der Waals surface area (Å²) in [5, 5.41) is 10.1. The first kappa shape index (κ1) is 13.0. The molecule has 3 aromatic rings. The van der Waals surface area contributed by atoms with Gasteiger partial charge in [-0.3, -0.25) is 4.79 Å². The number of hydrogen-bond acceptors (Lipinski definition) is 5. The number of aromatic nitrogens is 4. The summed E-state index contributed by atoms with van der Waals surface area (Å²) in [6.45, 7) is 1.91. The van der Waals surface area contributed by atoms with E-state index >= 15 is 0 Å². The fourth-order valence-electron chi connectivity index (χ4n) is 2.07. The van der Waals surface area contributed by atoms with Crippen molar-refractivity contribution in [1.29, 1.82) is 0 Å². The molecule has 0 unspecified atom stereocenters. The van der Waals surface area contributed by atoms with Crippen molar-refractivity contribution in [2.75, 3.05) is 0 Å². The van der Waals surface area contributed by atoms with Crippen molar-refractivity contribution >= 4 is 0 Å². The first-order valence-corrected chi connectivity index (χ1v) is 6.32. The maximum absolute atomic E-state index is 12.2. The zero-order valence-corrected chi connectivity index (χ0v) is 11.2. The molecule has 1 aromatic carbocycles. The number of aromatic hydroxyl groups is 1. The van der Waals surface area contributed by atoms with Gasteiger partial charge in [-0.05, 0) is 18.6 Å². The van der Waals surface area contributed by atoms with Gasteiger partial charge in [0, 0.05) is 6.20 Å². The summed E-state index contributed by atoms with van der Waals surface area (Å²) in [5.74, 6) is -0.116. The fraction of sp³-hybridized carbons (Fsp3) is 0.0667. The zero-order chi connectivity index (χ0) is 14.8. The van der Waals surface area contributed by atoms with Crippen LogP contribution in [0.25, 0.3) is 22.6 Å². The highest BCUT2D eigenvalue weighted by Gasteiger charge is 2.14. The first-order chi connectivity index (χ1) is 10.1. The lowest BCUT2D eigenvalue weighted by molar-refractivity contribution is 0.454. The molecule has 0 atom stereocenters. The Morgan fingerprint density at radius 1 is 1.24 bits per heavy atom. The van der Waals surface area contributed by atoms with Crippen LogP contribution in [-0.4, -0.2) is 25.0 Å². The minimum atomic E-state index is -0.415. The summed E-state index contributed by atoms with van der Waals surface area (Å²) in [5.41, 5.74) is 1.79. The molecule has 2 aromatic heterocycles. The van der Waals surface area contributed by atoms with Crippen LogP contribution < -0.4 is 5.56 Å². The molecule has 0 saturated carbocycles. The van der Waals surface area contributed by atoms with Crippen LogP contribution in [0.4, 0.5) is 0 Å². The summed E-state index contributed by atoms with van der Waals surface area (Å²) < 4.78 is 0. The number of aromatic amines is 1. The van der Waals surface area contributed by atoms with Gasteiger partial charge in [0.15, 0.2) is 5.82 Å². The second kappa shape index (κ2) is 5.16. The third-order valence-electron chi connectivity index (χ3n) is 3.03. The zero-order valence-electron chi connectivity index (χ0n) is 11.2. The molecule has 0 bridgehead atoms. The minimum absolute atomic E-state index is 0.150. The van der Waals surface area contributed by atoms with Crippen LogP contribution in [0, 0.1) is 6.92 Å². The molecule has 0 aliphatic heterocycles. The van der Waals surface area contributed by atoms with E-state index in [0.29, 0.717) is 11.3 Å². The molecule has 3 rings (SSSR count). The SMILES string of the molecule is Cc1cccc(-c2c(O)nc(-c3ccncn3)[nH]c2=O)c1. The van der Waals surface area contributed by atoms with Crippen molar-refractivity contribution in [2.45, 2.75) is 6.92 Å². The second-order valence-electron chi connectivity index (χ2n) is 4.58. The molecule has 0 aliphatic rings. The quantitative estimate of drug-likeness (QED) is 0.748. The van der Waals surface area contributed by atoms with Gasteiger partial charge in [0.25, 0.3) is 5.56 Å². The van der Waals surface area contributed by atoms with Gasteiger partial charge in [0.2, 0.25) is 5.88 Å². The van der Waals surface area contributed by atoms with Gasteiger partial charge >= 0.3 is 0 Å². The van der Waals surface area contributed by atoms with Crippen molar-refractivity contribution in [2.24, 2.45) is 0 Å². The molecular weight excluding hydrogens is 268 g/mol. The van der Waals surface area contributed by atoms with E-state index in [1.165, 1.54) is 12.5 Å². The fourth-order valence-corrected chi connectivity index (χ4v) is 2.07. The molecule has 0 fully saturated rings. The van der Waals surface area contributed by atoms with Crippen molar-refractivity contribution in [3.05, 3.63) is 58.8 Å². The van der Waals surface area contributed by atoms with Crippen LogP contribution in [0.15, 0.2) is 47.7 Å². The summed E-state index contributed by atoms with van der Waals surface area (Å²) in [6, 6.07) is 8.91. The van der Waals surface area contributed by atoms with Crippen LogP contribution in [0.3, 0.4) is 0 Å². The highest BCUT2D eigenvalue weighted by atomic mass is 16.3. The smallest absolute Gasteiger partial charge is 0.262 e. The average molecular weight is 280 g/mol. The van der Waals surface area contributed by atoms with E-state index in [1.54, 1.807) is 12.1 Å². The number of rotatable bonds is 2. The number of nitrogens with one attached hydrogen (secondary N) is 1. The third-order valence-corrected chi connectivity index (χ3v) is 3.03. The van der Waals surface area contributed by atoms with E-state index in [0.717, 1.165) is 5.56 Å². The van der Waals surface area contributed by atoms with Crippen LogP contribution in [0.2, 0.25) is 0 Å². The summed E-state index contributed by atoms with van der Waals surface area (Å²) in [6.07, 6.45) is 2.88. The molecular formula is C15H12N4O2. The average Bonchev–Trinajstić information content (AvgIpc) is 2.47. The molecule has 21 heavy (non-hydrogen) atoms. The largest absolute Gasteiger partial charge is 0.493 e. The number of nitrogens with zero attached hydrogens (tertiary/aromatic N) is 3. The highest BCUT2D eigenvalue weighted by molar-refractivity contribution is 5.69. The Balaban J connectivity index is 2.16. The molecule has 104 valence electrons. The Kier molecular flexibility index (Phi) is 3.19. The molecule has 2 N–H and O–H groups in total. The number of aryl methyl sites for hydroxylation is 1. The highest BCUT2D eigenvalue weighted by Crippen LogP contribution is 2.25. The monoisotopic (exact) mass is 280 g/mol. The Morgan fingerprint density at radius 3 is 2.76 bits per heavy atom. The molecule has 0 saturated heterocycles. The van der Waals surface area contributed by atoms with Gasteiger partial charge in [-0.15, -0.1) is 0 Å². The lowest BCUT2D eigenvalue weighted by Crippen LogP contribution is -2.12. The molecule has 6 nitrogen and oxygen atoms in total. The number of H-pyrrole nitrogens is 1. The number of benzene rings is 1. The van der Waals surface area contributed by atoms with Crippen molar-refractivity contribution in [3.8, 4) is 28.5 Å². The van der Waals surface area contributed by atoms with Gasteiger partial charge in [-0.1, -0.05) is 29.8 Å². The van der Waals surface area contributed by atoms with Crippen molar-refractivity contribution < 1.29 is 5.11 Å². The lowest BCUT2D eigenvalue weighted by atomic mass is 10.1. The normalized spacial score (nSPS) is 10.5. The lowest BCUT2D eigenvalue weighted by Gasteiger charge is -2.06. The van der Waals surface area contributed by atoms with E-state index < -0.39 is 5.56 Å². The summed E-state index contributed by atoms with van der Waals surface area (Å²) in [7, 11) is 0. The van der Waals surface area contributed by atoms with Crippen LogP contribution in [0.5, 0.6) is 5.88 Å². The Hall–Kier alpha value is -3.02. The van der Waals surface area contributed by atoms with Gasteiger partial charge in [-0.25, -0.2) is 9.97 Å². The standard InChI is InChI=1S/C15H12N4O2/c1-9-3-2-4-10(7-9)12-14(20)18-13(19-15(12)21)11-5-6-16-8-17-11/h2-8H,1H3,(H2,18,19,20,21). The molecule has 0 radical (unpaired) electrons. The topological polar surface area (TPSA) is 91.8 Å². The van der Waals surface area contributed by atoms with Crippen LogP contribution in [-0.2, 0) is 0 Å². The maximum atomic E-state index is 12.2. The van der Waals surface area contributed by atoms with Gasteiger partial charge in [0.05, 0.1) is 0 Å². The van der Waals surface area contributed by atoms with E-state index in [-0.39, 0.29) is 17.3 Å². The van der Waals surface area contributed by atoms with E-state index in [2.05, 4.69) is 19.9 Å². The van der Waals surface area contributed by atoms with E-state index in [9.17, 15) is 9.90 Å². The molecule has 0 aliphatic carbocycles. The third kappa shape index (κ3) is 2.51. The Morgan fingerprint density at radius 2 is 2.10 bits per heavy atom. The first-order valence-electron chi connectivity index (χ1n) is 6.32. The van der Waals surface area contributed by atoms with Gasteiger partial charge < -0.3 is 10.1 Å². The molecule has 0 spiro atoms. The Labute approximate surface area is 120 Å². The minimum Gasteiger partial charge on any atom is -0.493 e. The van der Waals surface area contributed by atoms with Gasteiger partial charge in [-0.2, -0.15) is 4.98 Å². The molecule has 2 heterocycles. The second-order valence-corrected chi connectivity index (χ2v) is 4.58. The molecule has 0 amide bonds.